The lowest BCUT2D eigenvalue weighted by molar-refractivity contribution is -0.127. The van der Waals surface area contributed by atoms with Crippen molar-refractivity contribution in [1.82, 2.24) is 9.80 Å². The van der Waals surface area contributed by atoms with Crippen LogP contribution in [0.15, 0.2) is 0 Å². The van der Waals surface area contributed by atoms with E-state index in [1.165, 1.54) is 9.80 Å². The van der Waals surface area contributed by atoms with Crippen LogP contribution in [-0.4, -0.2) is 52.2 Å². The molecule has 0 aromatic heterocycles. The zero-order chi connectivity index (χ0) is 12.5. The van der Waals surface area contributed by atoms with E-state index in [2.05, 4.69) is 0 Å². The lowest BCUT2D eigenvalue weighted by atomic mass is 10.4. The topological polar surface area (TPSA) is 77.9 Å². The standard InChI is InChI=1S/C10H17N2O4P/c13-9-3-1-5-11(9)7-17(15,16)8-12-6-2-4-10(12)14/h1-8H2,(H,15,16). The monoisotopic (exact) mass is 260 g/mol. The van der Waals surface area contributed by atoms with E-state index in [0.717, 1.165) is 12.8 Å². The molecule has 2 saturated heterocycles. The van der Waals surface area contributed by atoms with Crippen molar-refractivity contribution >= 4 is 19.2 Å². The van der Waals surface area contributed by atoms with Crippen LogP contribution in [0.5, 0.6) is 0 Å². The lowest BCUT2D eigenvalue weighted by Gasteiger charge is -2.24. The Morgan fingerprint density at radius 3 is 1.71 bits per heavy atom. The Morgan fingerprint density at radius 2 is 1.41 bits per heavy atom. The second-order valence-corrected chi connectivity index (χ2v) is 6.91. The number of likely N-dealkylation sites (tertiary alicyclic amines) is 2. The summed E-state index contributed by atoms with van der Waals surface area (Å²) in [5.74, 6) is -0.126. The molecule has 6 nitrogen and oxygen atoms in total. The summed E-state index contributed by atoms with van der Waals surface area (Å²) in [6, 6.07) is 0. The Bertz CT molecular complexity index is 353. The number of carbonyl (C=O) groups is 2. The fraction of sp³-hybridized carbons (Fsp3) is 0.800. The van der Waals surface area contributed by atoms with Gasteiger partial charge in [-0.05, 0) is 12.8 Å². The molecule has 0 aromatic rings. The van der Waals surface area contributed by atoms with Crippen LogP contribution in [0.1, 0.15) is 25.7 Å². The molecule has 2 rings (SSSR count). The lowest BCUT2D eigenvalue weighted by Crippen LogP contribution is -2.31. The molecule has 2 aliphatic heterocycles. The fourth-order valence-electron chi connectivity index (χ4n) is 2.29. The van der Waals surface area contributed by atoms with E-state index in [0.29, 0.717) is 25.9 Å². The fourth-order valence-corrected chi connectivity index (χ4v) is 4.04. The van der Waals surface area contributed by atoms with Crippen molar-refractivity contribution < 1.29 is 19.0 Å². The maximum atomic E-state index is 12.0. The maximum Gasteiger partial charge on any atom is 0.238 e. The van der Waals surface area contributed by atoms with Gasteiger partial charge in [0, 0.05) is 25.9 Å². The summed E-state index contributed by atoms with van der Waals surface area (Å²) in [5, 5.41) is 0. The Hall–Kier alpha value is -0.870. The number of amides is 2. The second kappa shape index (κ2) is 4.78. The minimum Gasteiger partial charge on any atom is -0.342 e. The van der Waals surface area contributed by atoms with E-state index >= 15 is 0 Å². The number of carbonyl (C=O) groups excluding carboxylic acids is 2. The first-order valence-electron chi connectivity index (χ1n) is 5.84. The first kappa shape index (κ1) is 12.6. The molecule has 2 aliphatic rings. The zero-order valence-electron chi connectivity index (χ0n) is 9.67. The van der Waals surface area contributed by atoms with Crippen LogP contribution in [0, 0.1) is 0 Å². The van der Waals surface area contributed by atoms with E-state index in [4.69, 9.17) is 0 Å². The summed E-state index contributed by atoms with van der Waals surface area (Å²) in [6.07, 6.45) is 2.19. The molecule has 2 fully saturated rings. The van der Waals surface area contributed by atoms with Crippen LogP contribution in [0.25, 0.3) is 0 Å². The average Bonchev–Trinajstić information content (AvgIpc) is 2.78. The predicted octanol–water partition coefficient (Wildman–Crippen LogP) is 0.417. The van der Waals surface area contributed by atoms with Gasteiger partial charge in [-0.3, -0.25) is 14.2 Å². The van der Waals surface area contributed by atoms with Crippen LogP contribution in [0.3, 0.4) is 0 Å². The van der Waals surface area contributed by atoms with Crippen molar-refractivity contribution in [1.29, 1.82) is 0 Å². The van der Waals surface area contributed by atoms with Gasteiger partial charge in [0.2, 0.25) is 19.2 Å². The molecule has 0 bridgehead atoms. The quantitative estimate of drug-likeness (QED) is 0.743. The van der Waals surface area contributed by atoms with Crippen molar-refractivity contribution in [2.45, 2.75) is 25.7 Å². The van der Waals surface area contributed by atoms with Gasteiger partial charge >= 0.3 is 0 Å². The summed E-state index contributed by atoms with van der Waals surface area (Å²) in [4.78, 5) is 35.4. The first-order chi connectivity index (χ1) is 7.98. The number of hydrogen-bond acceptors (Lipinski definition) is 3. The molecule has 17 heavy (non-hydrogen) atoms. The molecule has 0 atom stereocenters. The number of rotatable bonds is 4. The highest BCUT2D eigenvalue weighted by Crippen LogP contribution is 2.43. The first-order valence-corrected chi connectivity index (χ1v) is 7.87. The largest absolute Gasteiger partial charge is 0.342 e. The molecule has 2 heterocycles. The van der Waals surface area contributed by atoms with Gasteiger partial charge in [-0.1, -0.05) is 0 Å². The number of nitrogens with zero attached hydrogens (tertiary/aromatic N) is 2. The van der Waals surface area contributed by atoms with Gasteiger partial charge in [-0.15, -0.1) is 0 Å². The van der Waals surface area contributed by atoms with Gasteiger partial charge in [0.05, 0.1) is 12.6 Å². The highest BCUT2D eigenvalue weighted by atomic mass is 31.2. The van der Waals surface area contributed by atoms with E-state index < -0.39 is 7.37 Å². The van der Waals surface area contributed by atoms with E-state index in [-0.39, 0.29) is 24.4 Å². The van der Waals surface area contributed by atoms with Gasteiger partial charge in [-0.2, -0.15) is 0 Å². The van der Waals surface area contributed by atoms with Crippen LogP contribution >= 0.6 is 7.37 Å². The third-order valence-electron chi connectivity index (χ3n) is 3.13. The average molecular weight is 260 g/mol. The molecule has 7 heteroatoms. The maximum absolute atomic E-state index is 12.0. The van der Waals surface area contributed by atoms with Gasteiger partial charge in [-0.25, -0.2) is 0 Å². The zero-order valence-corrected chi connectivity index (χ0v) is 10.6. The Kier molecular flexibility index (Phi) is 3.54. The van der Waals surface area contributed by atoms with E-state index in [1.807, 2.05) is 0 Å². The summed E-state index contributed by atoms with van der Waals surface area (Å²) in [7, 11) is -3.46. The Labute approximate surface area is 100 Å². The smallest absolute Gasteiger partial charge is 0.238 e. The van der Waals surface area contributed by atoms with Gasteiger partial charge < -0.3 is 14.7 Å². The van der Waals surface area contributed by atoms with Crippen LogP contribution < -0.4 is 0 Å². The van der Waals surface area contributed by atoms with Crippen molar-refractivity contribution in [3.63, 3.8) is 0 Å². The SMILES string of the molecule is O=C1CCCN1CP(=O)(O)CN1CCCC1=O. The van der Waals surface area contributed by atoms with Crippen molar-refractivity contribution in [3.8, 4) is 0 Å². The van der Waals surface area contributed by atoms with Crippen LogP contribution in [0.2, 0.25) is 0 Å². The highest BCUT2D eigenvalue weighted by Gasteiger charge is 2.33. The predicted molar refractivity (Wildman–Crippen MR) is 61.5 cm³/mol. The van der Waals surface area contributed by atoms with Crippen LogP contribution in [0.4, 0.5) is 0 Å². The third kappa shape index (κ3) is 3.07. The molecule has 0 saturated carbocycles. The van der Waals surface area contributed by atoms with Crippen molar-refractivity contribution in [2.24, 2.45) is 0 Å². The molecule has 1 N–H and O–H groups in total. The van der Waals surface area contributed by atoms with Crippen molar-refractivity contribution in [3.05, 3.63) is 0 Å². The highest BCUT2D eigenvalue weighted by molar-refractivity contribution is 7.57. The summed E-state index contributed by atoms with van der Waals surface area (Å²) >= 11 is 0. The van der Waals surface area contributed by atoms with Gasteiger partial charge in [0.25, 0.3) is 0 Å². The molecule has 0 spiro atoms. The Balaban J connectivity index is 1.92. The Morgan fingerprint density at radius 1 is 1.00 bits per heavy atom. The molecular weight excluding hydrogens is 243 g/mol. The minimum atomic E-state index is -3.46. The third-order valence-corrected chi connectivity index (χ3v) is 4.69. The van der Waals surface area contributed by atoms with Crippen molar-refractivity contribution in [2.75, 3.05) is 25.7 Å². The molecule has 96 valence electrons. The second-order valence-electron chi connectivity index (χ2n) is 4.65. The molecular formula is C10H17N2O4P. The molecule has 0 aromatic carbocycles. The summed E-state index contributed by atoms with van der Waals surface area (Å²) in [6.45, 7) is 1.11. The number of hydrogen-bond donors (Lipinski definition) is 1. The van der Waals surface area contributed by atoms with E-state index in [9.17, 15) is 19.0 Å². The molecule has 0 unspecified atom stereocenters. The summed E-state index contributed by atoms with van der Waals surface area (Å²) < 4.78 is 12.0. The normalized spacial score (nSPS) is 21.7. The molecule has 0 aliphatic carbocycles. The van der Waals surface area contributed by atoms with Gasteiger partial charge in [0.1, 0.15) is 0 Å². The summed E-state index contributed by atoms with van der Waals surface area (Å²) in [5.41, 5.74) is 0. The van der Waals surface area contributed by atoms with Crippen LogP contribution in [-0.2, 0) is 14.2 Å². The molecule has 2 amide bonds. The van der Waals surface area contributed by atoms with E-state index in [1.54, 1.807) is 0 Å². The molecule has 0 radical (unpaired) electrons. The minimum absolute atomic E-state index is 0.0629. The van der Waals surface area contributed by atoms with Gasteiger partial charge in [0.15, 0.2) is 0 Å².